The van der Waals surface area contributed by atoms with E-state index in [0.717, 1.165) is 16.8 Å². The second-order valence-corrected chi connectivity index (χ2v) is 5.69. The Morgan fingerprint density at radius 3 is 2.75 bits per heavy atom. The summed E-state index contributed by atoms with van der Waals surface area (Å²) in [7, 11) is 0. The normalized spacial score (nSPS) is 24.9. The van der Waals surface area contributed by atoms with Crippen LogP contribution < -0.4 is 5.32 Å². The number of nitrogens with one attached hydrogen (secondary N) is 1. The van der Waals surface area contributed by atoms with Crippen LogP contribution in [0, 0.1) is 5.92 Å². The summed E-state index contributed by atoms with van der Waals surface area (Å²) in [5.74, 6) is 0.0748. The highest BCUT2D eigenvalue weighted by atomic mass is 35.5. The minimum absolute atomic E-state index is 0.0122. The number of carbonyl (C=O) groups excluding carboxylic acids is 1. The summed E-state index contributed by atoms with van der Waals surface area (Å²) in [4.78, 5) is 12.5. The number of hydrogen-bond donors (Lipinski definition) is 1. The highest BCUT2D eigenvalue weighted by Crippen LogP contribution is 2.30. The molecule has 5 heteroatoms. The number of fused-ring (bicyclic) bond motifs is 1. The first kappa shape index (κ1) is 13.2. The van der Waals surface area contributed by atoms with Crippen LogP contribution in [0.4, 0.5) is 0 Å². The number of carbonyl (C=O) groups is 1. The van der Waals surface area contributed by atoms with E-state index in [-0.39, 0.29) is 17.9 Å². The minimum Gasteiger partial charge on any atom is -0.385 e. The van der Waals surface area contributed by atoms with E-state index in [4.69, 9.17) is 11.6 Å². The lowest BCUT2D eigenvalue weighted by Gasteiger charge is -2.25. The molecule has 0 radical (unpaired) electrons. The van der Waals surface area contributed by atoms with Gasteiger partial charge in [0.1, 0.15) is 0 Å². The Labute approximate surface area is 123 Å². The Kier molecular flexibility index (Phi) is 3.26. The monoisotopic (exact) mass is 289 g/mol. The SMILES string of the molecule is CC1=C2C(=O)N(Cc3ccc(Cl)cc3)N=CC2C(C)N1. The van der Waals surface area contributed by atoms with Gasteiger partial charge in [-0.15, -0.1) is 0 Å². The average Bonchev–Trinajstić information content (AvgIpc) is 2.71. The fourth-order valence-electron chi connectivity index (χ4n) is 2.73. The average molecular weight is 290 g/mol. The van der Waals surface area contributed by atoms with E-state index >= 15 is 0 Å². The molecule has 104 valence electrons. The summed E-state index contributed by atoms with van der Waals surface area (Å²) < 4.78 is 0. The van der Waals surface area contributed by atoms with Crippen LogP contribution in [0.15, 0.2) is 40.6 Å². The highest BCUT2D eigenvalue weighted by molar-refractivity contribution is 6.30. The molecule has 0 fully saturated rings. The van der Waals surface area contributed by atoms with Gasteiger partial charge < -0.3 is 5.32 Å². The maximum atomic E-state index is 12.5. The van der Waals surface area contributed by atoms with Gasteiger partial charge in [0, 0.05) is 34.5 Å². The van der Waals surface area contributed by atoms with Crippen molar-refractivity contribution in [1.82, 2.24) is 10.3 Å². The van der Waals surface area contributed by atoms with Crippen molar-refractivity contribution in [3.8, 4) is 0 Å². The van der Waals surface area contributed by atoms with Gasteiger partial charge >= 0.3 is 0 Å². The number of allylic oxidation sites excluding steroid dienone is 1. The molecule has 1 amide bonds. The predicted octanol–water partition coefficient (Wildman–Crippen LogP) is 2.55. The standard InChI is InChI=1S/C15H16ClN3O/c1-9-13-7-17-19(15(20)14(13)10(2)18-9)8-11-3-5-12(16)6-4-11/h3-7,9,13,18H,8H2,1-2H3. The number of nitrogens with zero attached hydrogens (tertiary/aromatic N) is 2. The molecule has 2 atom stereocenters. The van der Waals surface area contributed by atoms with Crippen molar-refractivity contribution < 1.29 is 4.79 Å². The van der Waals surface area contributed by atoms with Crippen molar-refractivity contribution in [2.24, 2.45) is 11.0 Å². The molecule has 20 heavy (non-hydrogen) atoms. The molecule has 0 aromatic heterocycles. The maximum Gasteiger partial charge on any atom is 0.272 e. The molecule has 1 N–H and O–H groups in total. The van der Waals surface area contributed by atoms with Crippen LogP contribution in [0.1, 0.15) is 19.4 Å². The smallest absolute Gasteiger partial charge is 0.272 e. The van der Waals surface area contributed by atoms with Gasteiger partial charge in [-0.25, -0.2) is 5.01 Å². The Morgan fingerprint density at radius 2 is 2.05 bits per heavy atom. The van der Waals surface area contributed by atoms with Crippen molar-refractivity contribution in [2.75, 3.05) is 0 Å². The third-order valence-corrected chi connectivity index (χ3v) is 4.05. The fraction of sp³-hybridized carbons (Fsp3) is 0.333. The van der Waals surface area contributed by atoms with Crippen LogP contribution in [0.25, 0.3) is 0 Å². The summed E-state index contributed by atoms with van der Waals surface area (Å²) in [6.07, 6.45) is 1.86. The fourth-order valence-corrected chi connectivity index (χ4v) is 2.86. The van der Waals surface area contributed by atoms with E-state index in [1.807, 2.05) is 37.4 Å². The second kappa shape index (κ2) is 4.94. The molecule has 2 aliphatic heterocycles. The van der Waals surface area contributed by atoms with Gasteiger partial charge in [-0.05, 0) is 31.5 Å². The van der Waals surface area contributed by atoms with Crippen LogP contribution in [-0.4, -0.2) is 23.2 Å². The van der Waals surface area contributed by atoms with Crippen LogP contribution in [0.5, 0.6) is 0 Å². The molecule has 3 rings (SSSR count). The number of hydrogen-bond acceptors (Lipinski definition) is 3. The van der Waals surface area contributed by atoms with E-state index in [1.165, 1.54) is 5.01 Å². The zero-order chi connectivity index (χ0) is 14.3. The third-order valence-electron chi connectivity index (χ3n) is 3.80. The van der Waals surface area contributed by atoms with Crippen molar-refractivity contribution >= 4 is 23.7 Å². The van der Waals surface area contributed by atoms with E-state index in [9.17, 15) is 4.79 Å². The van der Waals surface area contributed by atoms with Gasteiger partial charge in [0.2, 0.25) is 0 Å². The molecule has 0 saturated carbocycles. The predicted molar refractivity (Wildman–Crippen MR) is 79.3 cm³/mol. The van der Waals surface area contributed by atoms with Crippen molar-refractivity contribution in [1.29, 1.82) is 0 Å². The number of halogens is 1. The zero-order valence-electron chi connectivity index (χ0n) is 11.4. The molecule has 0 saturated heterocycles. The number of benzene rings is 1. The molecule has 2 heterocycles. The number of rotatable bonds is 2. The first-order chi connectivity index (χ1) is 9.56. The first-order valence-corrected chi connectivity index (χ1v) is 7.02. The Morgan fingerprint density at radius 1 is 1.35 bits per heavy atom. The lowest BCUT2D eigenvalue weighted by Crippen LogP contribution is -2.36. The molecule has 1 aromatic rings. The van der Waals surface area contributed by atoms with Gasteiger partial charge in [-0.1, -0.05) is 23.7 Å². The molecule has 2 unspecified atom stereocenters. The van der Waals surface area contributed by atoms with Crippen molar-refractivity contribution in [3.63, 3.8) is 0 Å². The largest absolute Gasteiger partial charge is 0.385 e. The molecule has 0 aliphatic carbocycles. The summed E-state index contributed by atoms with van der Waals surface area (Å²) in [6.45, 7) is 4.48. The van der Waals surface area contributed by atoms with Crippen molar-refractivity contribution in [3.05, 3.63) is 46.1 Å². The Balaban J connectivity index is 1.84. The zero-order valence-corrected chi connectivity index (χ0v) is 12.2. The summed E-state index contributed by atoms with van der Waals surface area (Å²) in [5.41, 5.74) is 2.80. The molecule has 2 aliphatic rings. The van der Waals surface area contributed by atoms with Crippen LogP contribution >= 0.6 is 11.6 Å². The van der Waals surface area contributed by atoms with Crippen LogP contribution in [0.3, 0.4) is 0 Å². The van der Waals surface area contributed by atoms with Gasteiger partial charge in [-0.3, -0.25) is 4.79 Å². The van der Waals surface area contributed by atoms with E-state index < -0.39 is 0 Å². The van der Waals surface area contributed by atoms with E-state index in [0.29, 0.717) is 11.6 Å². The van der Waals surface area contributed by atoms with Crippen LogP contribution in [-0.2, 0) is 11.3 Å². The van der Waals surface area contributed by atoms with E-state index in [1.54, 1.807) is 0 Å². The number of hydrazone groups is 1. The van der Waals surface area contributed by atoms with Crippen molar-refractivity contribution in [2.45, 2.75) is 26.4 Å². The second-order valence-electron chi connectivity index (χ2n) is 5.25. The molecule has 4 nitrogen and oxygen atoms in total. The number of amides is 1. The summed E-state index contributed by atoms with van der Waals surface area (Å²) >= 11 is 5.87. The topological polar surface area (TPSA) is 44.7 Å². The Hall–Kier alpha value is -1.81. The molecule has 0 bridgehead atoms. The highest BCUT2D eigenvalue weighted by Gasteiger charge is 2.38. The molecule has 1 aromatic carbocycles. The van der Waals surface area contributed by atoms with Gasteiger partial charge in [-0.2, -0.15) is 5.10 Å². The Bertz CT molecular complexity index is 606. The van der Waals surface area contributed by atoms with Crippen LogP contribution in [0.2, 0.25) is 5.02 Å². The summed E-state index contributed by atoms with van der Waals surface area (Å²) in [5, 5.41) is 9.81. The third kappa shape index (κ3) is 2.20. The quantitative estimate of drug-likeness (QED) is 0.909. The first-order valence-electron chi connectivity index (χ1n) is 6.64. The van der Waals surface area contributed by atoms with Gasteiger partial charge in [0.05, 0.1) is 6.54 Å². The van der Waals surface area contributed by atoms with Gasteiger partial charge in [0.15, 0.2) is 0 Å². The summed E-state index contributed by atoms with van der Waals surface area (Å²) in [6, 6.07) is 7.70. The van der Waals surface area contributed by atoms with E-state index in [2.05, 4.69) is 17.3 Å². The lowest BCUT2D eigenvalue weighted by atomic mass is 9.94. The molecule has 0 spiro atoms. The molecular formula is C15H16ClN3O. The minimum atomic E-state index is -0.0122. The molecular weight excluding hydrogens is 274 g/mol. The van der Waals surface area contributed by atoms with Gasteiger partial charge in [0.25, 0.3) is 5.91 Å². The lowest BCUT2D eigenvalue weighted by molar-refractivity contribution is -0.128. The maximum absolute atomic E-state index is 12.5.